The Morgan fingerprint density at radius 3 is 3.00 bits per heavy atom. The summed E-state index contributed by atoms with van der Waals surface area (Å²) in [4.78, 5) is 13.5. The lowest BCUT2D eigenvalue weighted by Crippen LogP contribution is -2.47. The van der Waals surface area contributed by atoms with Gasteiger partial charge in [0.2, 0.25) is 5.89 Å². The second-order valence-corrected chi connectivity index (χ2v) is 6.44. The number of oxazole rings is 1. The number of aromatic nitrogens is 4. The third-order valence-electron chi connectivity index (χ3n) is 4.46. The number of halogens is 1. The maximum Gasteiger partial charge on any atom is 0.226 e. The lowest BCUT2D eigenvalue weighted by molar-refractivity contribution is 0.392. The van der Waals surface area contributed by atoms with Crippen molar-refractivity contribution in [2.45, 2.75) is 38.9 Å². The van der Waals surface area contributed by atoms with Gasteiger partial charge in [0.05, 0.1) is 13.1 Å². The third kappa shape index (κ3) is 4.89. The summed E-state index contributed by atoms with van der Waals surface area (Å²) in [5.41, 5.74) is 1.76. The van der Waals surface area contributed by atoms with E-state index >= 15 is 0 Å². The number of hydrogen-bond donors (Lipinski definition) is 2. The van der Waals surface area contributed by atoms with Gasteiger partial charge in [-0.05, 0) is 25.5 Å². The molecule has 148 valence electrons. The lowest BCUT2D eigenvalue weighted by atomic mass is 10.1. The Balaban J connectivity index is 0.00000225. The monoisotopic (exact) mass is 493 g/mol. The number of aliphatic imine (C=N–C) groups is 1. The average molecular weight is 493 g/mol. The van der Waals surface area contributed by atoms with Crippen LogP contribution in [0.25, 0.3) is 11.5 Å². The van der Waals surface area contributed by atoms with Crippen molar-refractivity contribution < 1.29 is 4.42 Å². The normalized spacial score (nSPS) is 16.2. The molecule has 1 aliphatic heterocycles. The van der Waals surface area contributed by atoms with E-state index in [4.69, 9.17) is 4.42 Å². The first-order valence-corrected chi connectivity index (χ1v) is 9.23. The van der Waals surface area contributed by atoms with Gasteiger partial charge >= 0.3 is 0 Å². The summed E-state index contributed by atoms with van der Waals surface area (Å²) in [6.07, 6.45) is 5.20. The highest BCUT2D eigenvalue weighted by molar-refractivity contribution is 14.0. The summed E-state index contributed by atoms with van der Waals surface area (Å²) in [7, 11) is 0. The van der Waals surface area contributed by atoms with E-state index in [2.05, 4.69) is 37.6 Å². The van der Waals surface area contributed by atoms with Gasteiger partial charge in [-0.2, -0.15) is 5.10 Å². The zero-order valence-electron chi connectivity index (χ0n) is 15.7. The van der Waals surface area contributed by atoms with Gasteiger partial charge in [-0.15, -0.1) is 24.0 Å². The molecular weight excluding hydrogens is 469 g/mol. The van der Waals surface area contributed by atoms with Gasteiger partial charge in [0.1, 0.15) is 24.1 Å². The van der Waals surface area contributed by atoms with Crippen LogP contribution in [0.2, 0.25) is 0 Å². The number of benzene rings is 1. The second-order valence-electron chi connectivity index (χ2n) is 6.44. The number of aryl methyl sites for hydroxylation is 1. The maximum absolute atomic E-state index is 5.58. The first kappa shape index (κ1) is 20.3. The Hall–Kier alpha value is -2.43. The summed E-state index contributed by atoms with van der Waals surface area (Å²) >= 11 is 0. The fourth-order valence-corrected chi connectivity index (χ4v) is 3.12. The second kappa shape index (κ2) is 9.67. The number of rotatable bonds is 5. The fourth-order valence-electron chi connectivity index (χ4n) is 3.12. The molecule has 3 heterocycles. The number of hydrogen-bond acceptors (Lipinski definition) is 5. The van der Waals surface area contributed by atoms with E-state index in [0.29, 0.717) is 12.4 Å². The SMILES string of the molecule is CCNC(=NCc1coc(-c2ccccc2)n1)NC1CCc2ncnn2C1.I. The summed E-state index contributed by atoms with van der Waals surface area (Å²) in [6.45, 7) is 4.09. The van der Waals surface area contributed by atoms with Gasteiger partial charge in [-0.25, -0.2) is 19.6 Å². The molecule has 0 saturated heterocycles. The zero-order valence-corrected chi connectivity index (χ0v) is 18.0. The third-order valence-corrected chi connectivity index (χ3v) is 4.46. The van der Waals surface area contributed by atoms with Crippen molar-refractivity contribution in [2.24, 2.45) is 4.99 Å². The first-order valence-electron chi connectivity index (χ1n) is 9.23. The van der Waals surface area contributed by atoms with Gasteiger partial charge in [0.25, 0.3) is 0 Å². The standard InChI is InChI=1S/C19H23N7O.HI/c1-2-20-19(25-15-8-9-17-22-13-23-26(17)11-15)21-10-16-12-27-18(24-16)14-6-4-3-5-7-14;/h3-7,12-13,15H,2,8-11H2,1H3,(H2,20,21,25);1H. The van der Waals surface area contributed by atoms with Gasteiger partial charge < -0.3 is 15.1 Å². The van der Waals surface area contributed by atoms with E-state index < -0.39 is 0 Å². The van der Waals surface area contributed by atoms with Crippen LogP contribution in [0.5, 0.6) is 0 Å². The molecule has 1 unspecified atom stereocenters. The highest BCUT2D eigenvalue weighted by atomic mass is 127. The molecule has 0 bridgehead atoms. The van der Waals surface area contributed by atoms with Crippen LogP contribution in [-0.2, 0) is 19.5 Å². The van der Waals surface area contributed by atoms with Crippen LogP contribution < -0.4 is 10.6 Å². The quantitative estimate of drug-likeness (QED) is 0.323. The fraction of sp³-hybridized carbons (Fsp3) is 0.368. The summed E-state index contributed by atoms with van der Waals surface area (Å²) in [5, 5.41) is 11.0. The molecule has 1 aromatic carbocycles. The minimum absolute atomic E-state index is 0. The van der Waals surface area contributed by atoms with Crippen LogP contribution in [0.1, 0.15) is 24.9 Å². The van der Waals surface area contributed by atoms with E-state index in [-0.39, 0.29) is 30.0 Å². The molecule has 0 fully saturated rings. The number of nitrogens with zero attached hydrogens (tertiary/aromatic N) is 5. The van der Waals surface area contributed by atoms with Gasteiger partial charge in [-0.1, -0.05) is 18.2 Å². The van der Waals surface area contributed by atoms with Crippen LogP contribution in [0, 0.1) is 0 Å². The molecule has 1 atom stereocenters. The number of fused-ring (bicyclic) bond motifs is 1. The molecule has 4 rings (SSSR count). The van der Waals surface area contributed by atoms with Crippen LogP contribution in [0.15, 0.2) is 52.3 Å². The highest BCUT2D eigenvalue weighted by Gasteiger charge is 2.20. The molecule has 0 radical (unpaired) electrons. The smallest absolute Gasteiger partial charge is 0.226 e. The van der Waals surface area contributed by atoms with Gasteiger partial charge in [0, 0.05) is 24.6 Å². The molecule has 2 aromatic heterocycles. The van der Waals surface area contributed by atoms with Crippen molar-refractivity contribution in [1.82, 2.24) is 30.4 Å². The summed E-state index contributed by atoms with van der Waals surface area (Å²) in [5.74, 6) is 2.44. The Bertz CT molecular complexity index is 906. The predicted octanol–water partition coefficient (Wildman–Crippen LogP) is 2.62. The Morgan fingerprint density at radius 1 is 1.32 bits per heavy atom. The Morgan fingerprint density at radius 2 is 2.18 bits per heavy atom. The van der Waals surface area contributed by atoms with E-state index in [1.807, 2.05) is 35.0 Å². The Kier molecular flexibility index (Phi) is 7.01. The van der Waals surface area contributed by atoms with E-state index in [1.165, 1.54) is 0 Å². The topological polar surface area (TPSA) is 93.2 Å². The largest absolute Gasteiger partial charge is 0.444 e. The molecule has 0 amide bonds. The summed E-state index contributed by atoms with van der Waals surface area (Å²) < 4.78 is 7.54. The highest BCUT2D eigenvalue weighted by Crippen LogP contribution is 2.18. The number of nitrogens with one attached hydrogen (secondary N) is 2. The van der Waals surface area contributed by atoms with Crippen molar-refractivity contribution in [3.63, 3.8) is 0 Å². The molecule has 1 aliphatic rings. The first-order chi connectivity index (χ1) is 13.3. The maximum atomic E-state index is 5.58. The van der Waals surface area contributed by atoms with Crippen molar-refractivity contribution >= 4 is 29.9 Å². The molecule has 9 heteroatoms. The van der Waals surface area contributed by atoms with Crippen molar-refractivity contribution in [3.05, 3.63) is 54.4 Å². The minimum Gasteiger partial charge on any atom is -0.444 e. The minimum atomic E-state index is 0. The van der Waals surface area contributed by atoms with E-state index in [0.717, 1.165) is 49.0 Å². The average Bonchev–Trinajstić information content (AvgIpc) is 3.36. The van der Waals surface area contributed by atoms with E-state index in [9.17, 15) is 0 Å². The predicted molar refractivity (Wildman–Crippen MR) is 117 cm³/mol. The number of guanidine groups is 1. The van der Waals surface area contributed by atoms with Crippen LogP contribution in [-0.4, -0.2) is 38.3 Å². The van der Waals surface area contributed by atoms with Crippen LogP contribution in [0.3, 0.4) is 0 Å². The molecule has 0 saturated carbocycles. The van der Waals surface area contributed by atoms with Crippen molar-refractivity contribution in [2.75, 3.05) is 6.54 Å². The molecule has 28 heavy (non-hydrogen) atoms. The van der Waals surface area contributed by atoms with Crippen molar-refractivity contribution in [1.29, 1.82) is 0 Å². The molecule has 0 spiro atoms. The van der Waals surface area contributed by atoms with Crippen molar-refractivity contribution in [3.8, 4) is 11.5 Å². The molecule has 2 N–H and O–H groups in total. The van der Waals surface area contributed by atoms with Gasteiger partial charge in [0.15, 0.2) is 5.96 Å². The van der Waals surface area contributed by atoms with Crippen LogP contribution >= 0.6 is 24.0 Å². The Labute approximate surface area is 180 Å². The molecular formula is C19H24IN7O. The van der Waals surface area contributed by atoms with Gasteiger partial charge in [-0.3, -0.25) is 0 Å². The van der Waals surface area contributed by atoms with E-state index in [1.54, 1.807) is 12.6 Å². The summed E-state index contributed by atoms with van der Waals surface area (Å²) in [6, 6.07) is 10.1. The molecule has 3 aromatic rings. The zero-order chi connectivity index (χ0) is 18.5. The lowest BCUT2D eigenvalue weighted by Gasteiger charge is -2.25. The van der Waals surface area contributed by atoms with Crippen LogP contribution in [0.4, 0.5) is 0 Å². The molecule has 8 nitrogen and oxygen atoms in total. The molecule has 0 aliphatic carbocycles.